The molecule has 0 bridgehead atoms. The third-order valence-corrected chi connectivity index (χ3v) is 6.48. The number of alkyl carbamates (subject to hydrolysis) is 1. The van der Waals surface area contributed by atoms with Crippen LogP contribution in [-0.4, -0.2) is 47.9 Å². The summed E-state index contributed by atoms with van der Waals surface area (Å²) in [5.74, 6) is -4.02. The lowest BCUT2D eigenvalue weighted by Gasteiger charge is -2.31. The second-order valence-corrected chi connectivity index (χ2v) is 8.72. The molecule has 7 nitrogen and oxygen atoms in total. The van der Waals surface area contributed by atoms with Gasteiger partial charge in [0.15, 0.2) is 0 Å². The van der Waals surface area contributed by atoms with E-state index in [2.05, 4.69) is 5.32 Å². The molecule has 0 radical (unpaired) electrons. The third-order valence-electron chi connectivity index (χ3n) is 6.48. The number of fused-ring (bicyclic) bond motifs is 3. The molecule has 0 aliphatic heterocycles. The summed E-state index contributed by atoms with van der Waals surface area (Å²) >= 11 is 0. The molecule has 180 valence electrons. The van der Waals surface area contributed by atoms with Gasteiger partial charge in [-0.2, -0.15) is 13.2 Å². The molecule has 2 aromatic carbocycles. The van der Waals surface area contributed by atoms with Crippen molar-refractivity contribution in [3.05, 3.63) is 59.7 Å². The Morgan fingerprint density at radius 1 is 1.03 bits per heavy atom. The molecule has 2 amide bonds. The summed E-state index contributed by atoms with van der Waals surface area (Å²) in [5.41, 5.74) is 0.469. The van der Waals surface area contributed by atoms with E-state index in [1.807, 2.05) is 48.5 Å². The van der Waals surface area contributed by atoms with Crippen molar-refractivity contribution in [2.45, 2.75) is 31.0 Å². The van der Waals surface area contributed by atoms with Crippen molar-refractivity contribution in [2.75, 3.05) is 13.2 Å². The van der Waals surface area contributed by atoms with Crippen LogP contribution in [0, 0.1) is 11.8 Å². The first-order valence-corrected chi connectivity index (χ1v) is 10.7. The largest absolute Gasteiger partial charge is 0.481 e. The maximum Gasteiger partial charge on any atom is 0.420 e. The Morgan fingerprint density at radius 3 is 2.09 bits per heavy atom. The quantitative estimate of drug-likeness (QED) is 0.566. The van der Waals surface area contributed by atoms with Crippen molar-refractivity contribution in [1.29, 1.82) is 0 Å². The first kappa shape index (κ1) is 23.6. The minimum atomic E-state index is -5.11. The van der Waals surface area contributed by atoms with Gasteiger partial charge < -0.3 is 15.2 Å². The fourth-order valence-electron chi connectivity index (χ4n) is 4.27. The van der Waals surface area contributed by atoms with Crippen LogP contribution in [0.4, 0.5) is 18.0 Å². The number of nitrogens with one attached hydrogen (secondary N) is 2. The highest BCUT2D eigenvalue weighted by Crippen LogP contribution is 2.44. The summed E-state index contributed by atoms with van der Waals surface area (Å²) < 4.78 is 46.5. The van der Waals surface area contributed by atoms with Crippen molar-refractivity contribution in [3.8, 4) is 11.1 Å². The van der Waals surface area contributed by atoms with Gasteiger partial charge in [-0.25, -0.2) is 4.79 Å². The summed E-state index contributed by atoms with van der Waals surface area (Å²) in [6, 6.07) is 15.0. The Balaban J connectivity index is 1.42. The summed E-state index contributed by atoms with van der Waals surface area (Å²) in [4.78, 5) is 35.7. The van der Waals surface area contributed by atoms with Gasteiger partial charge in [-0.1, -0.05) is 48.5 Å². The SMILES string of the molecule is CC(NC(=O)OCC1c2ccccc2-c2ccccc21)(C(=O)NCC1CC1C(=O)O)C(F)(F)F. The van der Waals surface area contributed by atoms with Crippen molar-refractivity contribution >= 4 is 18.0 Å². The highest BCUT2D eigenvalue weighted by atomic mass is 19.4. The molecule has 4 rings (SSSR count). The lowest BCUT2D eigenvalue weighted by atomic mass is 9.98. The Bertz CT molecular complexity index is 1090. The molecular weight excluding hydrogens is 453 g/mol. The first-order chi connectivity index (χ1) is 16.0. The number of carbonyl (C=O) groups is 3. The number of carbonyl (C=O) groups excluding carboxylic acids is 2. The maximum atomic E-state index is 13.8. The maximum absolute atomic E-state index is 13.8. The molecule has 34 heavy (non-hydrogen) atoms. The topological polar surface area (TPSA) is 105 Å². The zero-order valence-corrected chi connectivity index (χ0v) is 18.2. The average molecular weight is 476 g/mol. The van der Waals surface area contributed by atoms with Gasteiger partial charge in [0, 0.05) is 12.5 Å². The van der Waals surface area contributed by atoms with E-state index in [-0.39, 0.29) is 25.5 Å². The summed E-state index contributed by atoms with van der Waals surface area (Å²) in [6.07, 6.45) is -6.22. The molecule has 0 saturated heterocycles. The minimum absolute atomic E-state index is 0.211. The van der Waals surface area contributed by atoms with Crippen LogP contribution in [0.15, 0.2) is 48.5 Å². The zero-order valence-electron chi connectivity index (χ0n) is 18.2. The van der Waals surface area contributed by atoms with E-state index in [0.29, 0.717) is 6.92 Å². The minimum Gasteiger partial charge on any atom is -0.481 e. The number of halogens is 3. The number of ether oxygens (including phenoxy) is 1. The Morgan fingerprint density at radius 2 is 1.59 bits per heavy atom. The van der Waals surface area contributed by atoms with Crippen molar-refractivity contribution < 1.29 is 37.4 Å². The summed E-state index contributed by atoms with van der Waals surface area (Å²) in [6.45, 7) is 0.108. The number of amides is 2. The van der Waals surface area contributed by atoms with Crippen LogP contribution in [0.1, 0.15) is 30.4 Å². The number of aliphatic carboxylic acids is 1. The van der Waals surface area contributed by atoms with E-state index in [9.17, 15) is 27.6 Å². The van der Waals surface area contributed by atoms with Crippen LogP contribution >= 0.6 is 0 Å². The van der Waals surface area contributed by atoms with Crippen molar-refractivity contribution in [2.24, 2.45) is 11.8 Å². The monoisotopic (exact) mass is 476 g/mol. The zero-order chi connectivity index (χ0) is 24.7. The highest BCUT2D eigenvalue weighted by molar-refractivity contribution is 5.90. The molecule has 10 heteroatoms. The molecule has 2 aromatic rings. The van der Waals surface area contributed by atoms with Crippen molar-refractivity contribution in [1.82, 2.24) is 10.6 Å². The van der Waals surface area contributed by atoms with E-state index < -0.39 is 41.5 Å². The second-order valence-electron chi connectivity index (χ2n) is 8.72. The predicted octanol–water partition coefficient (Wildman–Crippen LogP) is 3.68. The molecule has 0 spiro atoms. The Labute approximate surface area is 193 Å². The molecule has 2 aliphatic carbocycles. The second kappa shape index (κ2) is 8.66. The lowest BCUT2D eigenvalue weighted by Crippen LogP contribution is -2.65. The molecule has 1 fully saturated rings. The van der Waals surface area contributed by atoms with E-state index in [1.54, 1.807) is 5.32 Å². The van der Waals surface area contributed by atoms with Crippen LogP contribution in [0.5, 0.6) is 0 Å². The van der Waals surface area contributed by atoms with Gasteiger partial charge >= 0.3 is 18.2 Å². The average Bonchev–Trinajstić information content (AvgIpc) is 3.51. The number of carboxylic acid groups (broad SMARTS) is 1. The smallest absolute Gasteiger partial charge is 0.420 e. The van der Waals surface area contributed by atoms with E-state index >= 15 is 0 Å². The Kier molecular flexibility index (Phi) is 6.01. The molecule has 3 N–H and O–H groups in total. The fraction of sp³-hybridized carbons (Fsp3) is 0.375. The normalized spacial score (nSPS) is 20.5. The van der Waals surface area contributed by atoms with Gasteiger partial charge in [-0.05, 0) is 41.5 Å². The molecule has 0 aromatic heterocycles. The van der Waals surface area contributed by atoms with Gasteiger partial charge in [0.1, 0.15) is 6.61 Å². The van der Waals surface area contributed by atoms with Gasteiger partial charge in [0.05, 0.1) is 5.92 Å². The van der Waals surface area contributed by atoms with Crippen molar-refractivity contribution in [3.63, 3.8) is 0 Å². The molecule has 3 atom stereocenters. The number of hydrogen-bond acceptors (Lipinski definition) is 4. The molecule has 1 saturated carbocycles. The van der Waals surface area contributed by atoms with Gasteiger partial charge in [0.25, 0.3) is 5.91 Å². The van der Waals surface area contributed by atoms with E-state index in [1.165, 1.54) is 0 Å². The molecule has 0 heterocycles. The number of benzene rings is 2. The van der Waals surface area contributed by atoms with Crippen LogP contribution in [0.25, 0.3) is 11.1 Å². The van der Waals surface area contributed by atoms with Gasteiger partial charge in [-0.15, -0.1) is 0 Å². The fourth-order valence-corrected chi connectivity index (χ4v) is 4.27. The first-order valence-electron chi connectivity index (χ1n) is 10.7. The van der Waals surface area contributed by atoms with Gasteiger partial charge in [0.2, 0.25) is 5.54 Å². The number of alkyl halides is 3. The standard InChI is InChI=1S/C24H23F3N2O5/c1-23(24(25,26)27,21(32)28-11-13-10-18(13)20(30)31)29-22(33)34-12-19-16-8-4-2-6-14(16)15-7-3-5-9-17(15)19/h2-9,13,18-19H,10-12H2,1H3,(H,28,32)(H,29,33)(H,30,31). The van der Waals surface area contributed by atoms with Crippen LogP contribution in [-0.2, 0) is 14.3 Å². The number of hydrogen-bond donors (Lipinski definition) is 3. The highest BCUT2D eigenvalue weighted by Gasteiger charge is 2.58. The molecule has 3 unspecified atom stereocenters. The molecular formula is C24H23F3N2O5. The predicted molar refractivity (Wildman–Crippen MR) is 115 cm³/mol. The number of carboxylic acids is 1. The van der Waals surface area contributed by atoms with E-state index in [4.69, 9.17) is 9.84 Å². The van der Waals surface area contributed by atoms with Crippen LogP contribution in [0.2, 0.25) is 0 Å². The number of rotatable bonds is 7. The molecule has 2 aliphatic rings. The van der Waals surface area contributed by atoms with Crippen LogP contribution in [0.3, 0.4) is 0 Å². The lowest BCUT2D eigenvalue weighted by molar-refractivity contribution is -0.194. The van der Waals surface area contributed by atoms with E-state index in [0.717, 1.165) is 22.3 Å². The summed E-state index contributed by atoms with van der Waals surface area (Å²) in [7, 11) is 0. The van der Waals surface area contributed by atoms with Crippen LogP contribution < -0.4 is 10.6 Å². The Hall–Kier alpha value is -3.56. The van der Waals surface area contributed by atoms with Gasteiger partial charge in [-0.3, -0.25) is 14.9 Å². The summed E-state index contributed by atoms with van der Waals surface area (Å²) in [5, 5.41) is 12.7. The third kappa shape index (κ3) is 4.32.